The zero-order valence-corrected chi connectivity index (χ0v) is 17.0. The molecule has 1 N–H and O–H groups in total. The molecule has 0 atom stereocenters. The van der Waals surface area contributed by atoms with Gasteiger partial charge in [0, 0.05) is 23.1 Å². The van der Waals surface area contributed by atoms with E-state index < -0.39 is 29.2 Å². The second kappa shape index (κ2) is 9.23. The van der Waals surface area contributed by atoms with E-state index in [1.54, 1.807) is 30.3 Å². The lowest BCUT2D eigenvalue weighted by Gasteiger charge is -2.11. The van der Waals surface area contributed by atoms with Crippen molar-refractivity contribution >= 4 is 34.2 Å². The van der Waals surface area contributed by atoms with Crippen LogP contribution >= 0.6 is 0 Å². The first kappa shape index (κ1) is 21.6. The predicted octanol–water partition coefficient (Wildman–Crippen LogP) is 4.74. The first-order chi connectivity index (χ1) is 15.9. The predicted molar refractivity (Wildman–Crippen MR) is 119 cm³/mol. The minimum atomic E-state index is -0.854. The van der Waals surface area contributed by atoms with Gasteiger partial charge in [-0.2, -0.15) is 0 Å². The van der Waals surface area contributed by atoms with Crippen molar-refractivity contribution in [1.82, 2.24) is 4.98 Å². The number of non-ortho nitro benzene ring substituents is 1. The number of nitro groups is 1. The molecule has 0 aliphatic rings. The fourth-order valence-electron chi connectivity index (χ4n) is 3.22. The summed E-state index contributed by atoms with van der Waals surface area (Å²) in [4.78, 5) is 39.7. The standard InChI is InChI=1S/C24H16FN3O5/c25-19-11-10-16(28(31)32)12-22(19)27-23(29)14-33-24(30)18-13-21(15-6-2-1-3-7-15)26-20-9-5-4-8-17(18)20/h1-13H,14H2,(H,27,29). The van der Waals surface area contributed by atoms with Crippen LogP contribution in [0.2, 0.25) is 0 Å². The lowest BCUT2D eigenvalue weighted by molar-refractivity contribution is -0.384. The molecule has 33 heavy (non-hydrogen) atoms. The number of fused-ring (bicyclic) bond motifs is 1. The number of nitro benzene ring substituents is 1. The van der Waals surface area contributed by atoms with Gasteiger partial charge >= 0.3 is 5.97 Å². The van der Waals surface area contributed by atoms with Crippen molar-refractivity contribution < 1.29 is 23.6 Å². The third kappa shape index (κ3) is 4.82. The molecule has 0 spiro atoms. The van der Waals surface area contributed by atoms with Crippen LogP contribution < -0.4 is 5.32 Å². The fourth-order valence-corrected chi connectivity index (χ4v) is 3.22. The Morgan fingerprint density at radius 1 is 1.00 bits per heavy atom. The summed E-state index contributed by atoms with van der Waals surface area (Å²) in [7, 11) is 0. The second-order valence-electron chi connectivity index (χ2n) is 6.98. The molecule has 164 valence electrons. The van der Waals surface area contributed by atoms with Crippen LogP contribution in [0.3, 0.4) is 0 Å². The average molecular weight is 445 g/mol. The number of hydrogen-bond donors (Lipinski definition) is 1. The Bertz CT molecular complexity index is 1380. The van der Waals surface area contributed by atoms with Crippen LogP contribution in [0, 0.1) is 15.9 Å². The molecule has 9 heteroatoms. The van der Waals surface area contributed by atoms with Gasteiger partial charge < -0.3 is 10.1 Å². The molecule has 0 saturated heterocycles. The maximum atomic E-state index is 13.9. The highest BCUT2D eigenvalue weighted by atomic mass is 19.1. The molecule has 0 aliphatic carbocycles. The summed E-state index contributed by atoms with van der Waals surface area (Å²) in [6, 6.07) is 20.6. The maximum absolute atomic E-state index is 13.9. The first-order valence-corrected chi connectivity index (χ1v) is 9.78. The quantitative estimate of drug-likeness (QED) is 0.261. The fraction of sp³-hybridized carbons (Fsp3) is 0.0417. The van der Waals surface area contributed by atoms with Gasteiger partial charge in [-0.1, -0.05) is 48.5 Å². The van der Waals surface area contributed by atoms with Gasteiger partial charge in [-0.25, -0.2) is 14.2 Å². The second-order valence-corrected chi connectivity index (χ2v) is 6.98. The number of ether oxygens (including phenoxy) is 1. The van der Waals surface area contributed by atoms with E-state index in [1.807, 2.05) is 30.3 Å². The molecule has 4 rings (SSSR count). The van der Waals surface area contributed by atoms with Crippen molar-refractivity contribution in [3.63, 3.8) is 0 Å². The van der Waals surface area contributed by atoms with Gasteiger partial charge in [0.2, 0.25) is 0 Å². The number of halogens is 1. The third-order valence-corrected chi connectivity index (χ3v) is 4.77. The zero-order valence-electron chi connectivity index (χ0n) is 17.0. The van der Waals surface area contributed by atoms with E-state index in [4.69, 9.17) is 4.74 Å². The molecule has 0 fully saturated rings. The number of pyridine rings is 1. The molecule has 4 aromatic rings. The normalized spacial score (nSPS) is 10.6. The first-order valence-electron chi connectivity index (χ1n) is 9.78. The monoisotopic (exact) mass is 445 g/mol. The van der Waals surface area contributed by atoms with Crippen LogP contribution in [-0.2, 0) is 9.53 Å². The summed E-state index contributed by atoms with van der Waals surface area (Å²) in [5, 5.41) is 13.6. The summed E-state index contributed by atoms with van der Waals surface area (Å²) in [6.45, 7) is -0.710. The van der Waals surface area contributed by atoms with E-state index in [9.17, 15) is 24.1 Å². The van der Waals surface area contributed by atoms with Gasteiger partial charge in [0.25, 0.3) is 11.6 Å². The minimum Gasteiger partial charge on any atom is -0.452 e. The highest BCUT2D eigenvalue weighted by molar-refractivity contribution is 6.05. The minimum absolute atomic E-state index is 0.216. The average Bonchev–Trinajstić information content (AvgIpc) is 2.83. The highest BCUT2D eigenvalue weighted by Crippen LogP contribution is 2.25. The SMILES string of the molecule is O=C(COC(=O)c1cc(-c2ccccc2)nc2ccccc12)Nc1cc([N+](=O)[O-])ccc1F. The number of para-hydroxylation sites is 1. The van der Waals surface area contributed by atoms with Gasteiger partial charge in [0.05, 0.1) is 27.4 Å². The molecule has 0 saturated carbocycles. The molecule has 0 unspecified atom stereocenters. The van der Waals surface area contributed by atoms with E-state index >= 15 is 0 Å². The number of benzene rings is 3. The lowest BCUT2D eigenvalue weighted by Crippen LogP contribution is -2.21. The van der Waals surface area contributed by atoms with Crippen molar-refractivity contribution in [1.29, 1.82) is 0 Å². The molecule has 8 nitrogen and oxygen atoms in total. The third-order valence-electron chi connectivity index (χ3n) is 4.77. The Morgan fingerprint density at radius 2 is 1.73 bits per heavy atom. The topological polar surface area (TPSA) is 111 Å². The van der Waals surface area contributed by atoms with Gasteiger partial charge in [-0.15, -0.1) is 0 Å². The molecule has 0 aliphatic heterocycles. The summed E-state index contributed by atoms with van der Waals surface area (Å²) in [5.74, 6) is -2.46. The Labute approximate surface area is 186 Å². The number of carbonyl (C=O) groups excluding carboxylic acids is 2. The van der Waals surface area contributed by atoms with Crippen molar-refractivity contribution in [3.05, 3.63) is 100 Å². The summed E-state index contributed by atoms with van der Waals surface area (Å²) >= 11 is 0. The number of rotatable bonds is 6. The highest BCUT2D eigenvalue weighted by Gasteiger charge is 2.18. The van der Waals surface area contributed by atoms with E-state index in [2.05, 4.69) is 10.3 Å². The molecule has 0 bridgehead atoms. The number of aromatic nitrogens is 1. The van der Waals surface area contributed by atoms with Crippen LogP contribution in [0.5, 0.6) is 0 Å². The van der Waals surface area contributed by atoms with Gasteiger partial charge in [-0.3, -0.25) is 14.9 Å². The smallest absolute Gasteiger partial charge is 0.339 e. The van der Waals surface area contributed by atoms with Crippen LogP contribution in [0.25, 0.3) is 22.2 Å². The van der Waals surface area contributed by atoms with Gasteiger partial charge in [0.15, 0.2) is 6.61 Å². The Kier molecular flexibility index (Phi) is 6.03. The number of nitrogens with zero attached hydrogens (tertiary/aromatic N) is 2. The van der Waals surface area contributed by atoms with E-state index in [0.29, 0.717) is 16.6 Å². The van der Waals surface area contributed by atoms with E-state index in [1.165, 1.54) is 0 Å². The molecule has 0 radical (unpaired) electrons. The van der Waals surface area contributed by atoms with Crippen LogP contribution in [-0.4, -0.2) is 28.4 Å². The molecule has 1 amide bonds. The molecule has 1 aromatic heterocycles. The van der Waals surface area contributed by atoms with Crippen molar-refractivity contribution in [2.75, 3.05) is 11.9 Å². The number of hydrogen-bond acceptors (Lipinski definition) is 6. The largest absolute Gasteiger partial charge is 0.452 e. The number of amides is 1. The Morgan fingerprint density at radius 3 is 2.48 bits per heavy atom. The zero-order chi connectivity index (χ0) is 23.4. The van der Waals surface area contributed by atoms with Gasteiger partial charge in [-0.05, 0) is 18.2 Å². The van der Waals surface area contributed by atoms with E-state index in [0.717, 1.165) is 23.8 Å². The van der Waals surface area contributed by atoms with Crippen molar-refractivity contribution in [3.8, 4) is 11.3 Å². The summed E-state index contributed by atoms with van der Waals surface area (Å²) < 4.78 is 19.0. The maximum Gasteiger partial charge on any atom is 0.339 e. The van der Waals surface area contributed by atoms with Crippen LogP contribution in [0.4, 0.5) is 15.8 Å². The Hall–Kier alpha value is -4.66. The Balaban J connectivity index is 1.54. The number of esters is 1. The summed E-state index contributed by atoms with van der Waals surface area (Å²) in [5.41, 5.74) is 1.38. The van der Waals surface area contributed by atoms with Crippen LogP contribution in [0.15, 0.2) is 78.9 Å². The molecule has 1 heterocycles. The van der Waals surface area contributed by atoms with Crippen molar-refractivity contribution in [2.45, 2.75) is 0 Å². The molecular weight excluding hydrogens is 429 g/mol. The lowest BCUT2D eigenvalue weighted by atomic mass is 10.0. The molecular formula is C24H16FN3O5. The van der Waals surface area contributed by atoms with E-state index in [-0.39, 0.29) is 16.9 Å². The van der Waals surface area contributed by atoms with Crippen molar-refractivity contribution in [2.24, 2.45) is 0 Å². The number of nitrogens with one attached hydrogen (secondary N) is 1. The van der Waals surface area contributed by atoms with Crippen LogP contribution in [0.1, 0.15) is 10.4 Å². The number of anilines is 1. The molecule has 3 aromatic carbocycles. The number of carbonyl (C=O) groups is 2. The summed E-state index contributed by atoms with van der Waals surface area (Å²) in [6.07, 6.45) is 0. The van der Waals surface area contributed by atoms with Gasteiger partial charge in [0.1, 0.15) is 5.82 Å².